The predicted molar refractivity (Wildman–Crippen MR) is 70.8 cm³/mol. The van der Waals surface area contributed by atoms with Crippen LogP contribution in [0.2, 0.25) is 0 Å². The lowest BCUT2D eigenvalue weighted by atomic mass is 9.97. The van der Waals surface area contributed by atoms with Gasteiger partial charge in [-0.3, -0.25) is 4.79 Å². The third-order valence-electron chi connectivity index (χ3n) is 3.12. The van der Waals surface area contributed by atoms with Crippen LogP contribution in [0.25, 0.3) is 11.2 Å². The predicted octanol–water partition coefficient (Wildman–Crippen LogP) is 2.88. The third kappa shape index (κ3) is 2.41. The topological polar surface area (TPSA) is 79.5 Å². The molecule has 5 heteroatoms. The molecule has 0 fully saturated rings. The second kappa shape index (κ2) is 4.57. The number of nitrogens with one attached hydrogen (secondary N) is 1. The highest BCUT2D eigenvalue weighted by molar-refractivity contribution is 6.14. The molecule has 19 heavy (non-hydrogen) atoms. The van der Waals surface area contributed by atoms with E-state index in [0.29, 0.717) is 5.58 Å². The lowest BCUT2D eigenvalue weighted by molar-refractivity contribution is 0.0692. The van der Waals surface area contributed by atoms with Crippen LogP contribution in [0, 0.1) is 0 Å². The summed E-state index contributed by atoms with van der Waals surface area (Å²) in [6.07, 6.45) is 1.75. The maximum Gasteiger partial charge on any atom is 0.340 e. The minimum absolute atomic E-state index is 0.0534. The number of carboxylic acids is 1. The summed E-state index contributed by atoms with van der Waals surface area (Å²) in [5.41, 5.74) is 0.244. The Morgan fingerprint density at radius 3 is 2.37 bits per heavy atom. The number of amides is 1. The number of fused-ring (bicyclic) bond motifs is 2. The number of carbonyl (C=O) groups excluding carboxylic acids is 1. The van der Waals surface area contributed by atoms with Crippen LogP contribution in [0.15, 0.2) is 16.5 Å². The summed E-state index contributed by atoms with van der Waals surface area (Å²) in [7, 11) is 0. The van der Waals surface area contributed by atoms with E-state index in [-0.39, 0.29) is 22.2 Å². The summed E-state index contributed by atoms with van der Waals surface area (Å²) in [4.78, 5) is 23.5. The van der Waals surface area contributed by atoms with E-state index in [2.05, 4.69) is 5.32 Å². The summed E-state index contributed by atoms with van der Waals surface area (Å²) in [6.45, 7) is 5.86. The smallest absolute Gasteiger partial charge is 0.340 e. The molecule has 5 nitrogen and oxygen atoms in total. The highest BCUT2D eigenvalue weighted by atomic mass is 16.4. The van der Waals surface area contributed by atoms with E-state index in [9.17, 15) is 14.7 Å². The van der Waals surface area contributed by atoms with Crippen molar-refractivity contribution >= 4 is 23.0 Å². The van der Waals surface area contributed by atoms with E-state index in [1.54, 1.807) is 12.1 Å². The van der Waals surface area contributed by atoms with E-state index in [1.165, 1.54) is 0 Å². The highest BCUT2D eigenvalue weighted by Crippen LogP contribution is 2.29. The second-order valence-electron chi connectivity index (χ2n) is 5.31. The number of hydrogen-bond donors (Lipinski definition) is 2. The number of aromatic carboxylic acids is 1. The number of benzene rings is 1. The van der Waals surface area contributed by atoms with Gasteiger partial charge in [0.25, 0.3) is 5.91 Å². The number of carbonyl (C=O) groups is 2. The van der Waals surface area contributed by atoms with E-state index in [4.69, 9.17) is 4.42 Å². The molecule has 0 aliphatic heterocycles. The van der Waals surface area contributed by atoms with Crippen LogP contribution < -0.4 is 5.32 Å². The molecule has 2 heterocycles. The number of hydrogen-bond acceptors (Lipinski definition) is 3. The molecule has 0 aromatic carbocycles. The van der Waals surface area contributed by atoms with Gasteiger partial charge in [-0.05, 0) is 32.4 Å². The van der Waals surface area contributed by atoms with Crippen molar-refractivity contribution in [2.24, 2.45) is 0 Å². The monoisotopic (exact) mass is 263 g/mol. The minimum atomic E-state index is -1.15. The van der Waals surface area contributed by atoms with Gasteiger partial charge in [0.05, 0.1) is 0 Å². The Balaban J connectivity index is 2.33. The molecule has 2 aromatic rings. The van der Waals surface area contributed by atoms with Crippen LogP contribution in [-0.4, -0.2) is 22.5 Å². The van der Waals surface area contributed by atoms with Gasteiger partial charge in [-0.2, -0.15) is 0 Å². The summed E-state index contributed by atoms with van der Waals surface area (Å²) in [5.74, 6) is -1.54. The van der Waals surface area contributed by atoms with Gasteiger partial charge in [-0.1, -0.05) is 13.3 Å². The first-order chi connectivity index (χ1) is 8.85. The quantitative estimate of drug-likeness (QED) is 0.869. The largest absolute Gasteiger partial charge is 0.478 e. The first-order valence-electron chi connectivity index (χ1n) is 6.26. The molecule has 2 bridgehead atoms. The summed E-state index contributed by atoms with van der Waals surface area (Å²) in [6, 6.07) is 3.18. The first kappa shape index (κ1) is 13.4. The number of carboxylic acid groups (broad SMARTS) is 1. The van der Waals surface area contributed by atoms with E-state index in [0.717, 1.165) is 12.8 Å². The Morgan fingerprint density at radius 1 is 1.26 bits per heavy atom. The molecule has 2 rings (SSSR count). The number of furan rings is 2. The zero-order chi connectivity index (χ0) is 14.2. The van der Waals surface area contributed by atoms with Crippen molar-refractivity contribution in [2.75, 3.05) is 0 Å². The molecule has 0 spiro atoms. The van der Waals surface area contributed by atoms with Crippen molar-refractivity contribution in [1.29, 1.82) is 0 Å². The summed E-state index contributed by atoms with van der Waals surface area (Å²) < 4.78 is 5.26. The second-order valence-corrected chi connectivity index (χ2v) is 5.31. The highest BCUT2D eigenvalue weighted by Gasteiger charge is 2.30. The molecule has 0 aliphatic rings. The minimum Gasteiger partial charge on any atom is -0.478 e. The van der Waals surface area contributed by atoms with Gasteiger partial charge in [0.15, 0.2) is 0 Å². The Bertz CT molecular complexity index is 612. The molecular formula is C14H17NO4. The lowest BCUT2D eigenvalue weighted by Crippen LogP contribution is -2.43. The standard InChI is InChI=1S/C14H17NO4/c1-4-7-14(2,3)15-12(16)10-8-5-6-9(19-8)11(10)13(17)18/h5-6H,4,7H2,1-3H3,(H,15,16)(H,17,18). The van der Waals surface area contributed by atoms with Crippen molar-refractivity contribution in [1.82, 2.24) is 5.32 Å². The molecule has 0 radical (unpaired) electrons. The van der Waals surface area contributed by atoms with Crippen LogP contribution in [0.5, 0.6) is 0 Å². The summed E-state index contributed by atoms with van der Waals surface area (Å²) >= 11 is 0. The van der Waals surface area contributed by atoms with Crippen molar-refractivity contribution < 1.29 is 19.1 Å². The number of rotatable bonds is 5. The van der Waals surface area contributed by atoms with E-state index >= 15 is 0 Å². The fraction of sp³-hybridized carbons (Fsp3) is 0.429. The fourth-order valence-corrected chi connectivity index (χ4v) is 2.35. The van der Waals surface area contributed by atoms with E-state index in [1.807, 2.05) is 20.8 Å². The average molecular weight is 263 g/mol. The fourth-order valence-electron chi connectivity index (χ4n) is 2.35. The maximum atomic E-state index is 12.3. The van der Waals surface area contributed by atoms with Gasteiger partial charge >= 0.3 is 5.97 Å². The van der Waals surface area contributed by atoms with Gasteiger partial charge in [-0.15, -0.1) is 0 Å². The average Bonchev–Trinajstić information content (AvgIpc) is 2.86. The van der Waals surface area contributed by atoms with Crippen LogP contribution >= 0.6 is 0 Å². The van der Waals surface area contributed by atoms with Crippen molar-refractivity contribution in [3.05, 3.63) is 23.3 Å². The molecule has 0 aliphatic carbocycles. The first-order valence-corrected chi connectivity index (χ1v) is 6.26. The molecule has 1 amide bonds. The molecule has 0 atom stereocenters. The van der Waals surface area contributed by atoms with E-state index < -0.39 is 11.9 Å². The molecular weight excluding hydrogens is 246 g/mol. The molecule has 2 aromatic heterocycles. The van der Waals surface area contributed by atoms with Gasteiger partial charge in [0, 0.05) is 5.54 Å². The van der Waals surface area contributed by atoms with Crippen LogP contribution in [0.3, 0.4) is 0 Å². The van der Waals surface area contributed by atoms with Crippen LogP contribution in [0.1, 0.15) is 54.3 Å². The normalized spacial score (nSPS) is 11.9. The zero-order valence-corrected chi connectivity index (χ0v) is 11.2. The SMILES string of the molecule is CCCC(C)(C)NC(=O)c1c(C(=O)O)c2ccc1o2. The van der Waals surface area contributed by atoms with Crippen molar-refractivity contribution in [2.45, 2.75) is 39.2 Å². The van der Waals surface area contributed by atoms with Crippen molar-refractivity contribution in [3.8, 4) is 0 Å². The Hall–Kier alpha value is -2.04. The van der Waals surface area contributed by atoms with Crippen LogP contribution in [0.4, 0.5) is 0 Å². The maximum absolute atomic E-state index is 12.3. The molecule has 2 N–H and O–H groups in total. The molecule has 0 saturated heterocycles. The molecule has 0 saturated carbocycles. The van der Waals surface area contributed by atoms with Gasteiger partial charge in [-0.25, -0.2) is 4.79 Å². The lowest BCUT2D eigenvalue weighted by Gasteiger charge is -2.25. The van der Waals surface area contributed by atoms with Gasteiger partial charge < -0.3 is 14.8 Å². The van der Waals surface area contributed by atoms with Gasteiger partial charge in [0.2, 0.25) is 0 Å². The zero-order valence-electron chi connectivity index (χ0n) is 11.2. The Morgan fingerprint density at radius 2 is 1.84 bits per heavy atom. The molecule has 0 unspecified atom stereocenters. The Labute approximate surface area is 110 Å². The Kier molecular flexibility index (Phi) is 3.22. The van der Waals surface area contributed by atoms with Crippen molar-refractivity contribution in [3.63, 3.8) is 0 Å². The summed E-state index contributed by atoms with van der Waals surface area (Å²) in [5, 5.41) is 12.0. The molecule has 102 valence electrons. The van der Waals surface area contributed by atoms with Gasteiger partial charge in [0.1, 0.15) is 22.3 Å². The van der Waals surface area contributed by atoms with Crippen LogP contribution in [-0.2, 0) is 0 Å². The third-order valence-corrected chi connectivity index (χ3v) is 3.12.